The van der Waals surface area contributed by atoms with E-state index in [1.54, 1.807) is 13.4 Å². The maximum Gasteiger partial charge on any atom is 0.163 e. The Balaban J connectivity index is 1.37. The van der Waals surface area contributed by atoms with Crippen molar-refractivity contribution in [2.45, 2.75) is 32.7 Å². The molecule has 3 heterocycles. The number of para-hydroxylation sites is 1. The number of aromatic amines is 1. The third kappa shape index (κ3) is 4.51. The molecule has 3 N–H and O–H groups in total. The summed E-state index contributed by atoms with van der Waals surface area (Å²) in [5, 5.41) is 9.03. The van der Waals surface area contributed by atoms with E-state index in [9.17, 15) is 0 Å². The molecule has 0 spiro atoms. The fourth-order valence-electron chi connectivity index (χ4n) is 4.47. The molecule has 0 radical (unpaired) electrons. The fraction of sp³-hybridized carbons (Fsp3) is 0.385. The molecule has 8 nitrogen and oxygen atoms in total. The summed E-state index contributed by atoms with van der Waals surface area (Å²) in [7, 11) is 1.65. The molecule has 1 fully saturated rings. The number of hydrogen-bond donors (Lipinski definition) is 3. The van der Waals surface area contributed by atoms with Crippen molar-refractivity contribution >= 4 is 33.3 Å². The quantitative estimate of drug-likeness (QED) is 0.330. The Morgan fingerprint density at radius 2 is 2.06 bits per heavy atom. The van der Waals surface area contributed by atoms with Crippen molar-refractivity contribution in [3.63, 3.8) is 0 Å². The van der Waals surface area contributed by atoms with Crippen molar-refractivity contribution in [2.24, 2.45) is 0 Å². The van der Waals surface area contributed by atoms with Crippen LogP contribution in [-0.2, 0) is 4.74 Å². The summed E-state index contributed by atoms with van der Waals surface area (Å²) in [5.41, 5.74) is 5.23. The van der Waals surface area contributed by atoms with Crippen LogP contribution in [0.3, 0.4) is 0 Å². The molecule has 1 aliphatic rings. The number of benzene rings is 2. The third-order valence-corrected chi connectivity index (χ3v) is 6.47. The predicted octanol–water partition coefficient (Wildman–Crippen LogP) is 4.63. The standard InChI is InChI=1S/C26H31N5O3/c1-16-17(2)30-25-19(16)7-4-8-21(25)31-26-20-12-23(32-3)24(13-22(20)28-15-29-26)34-10-5-6-18-14-33-11-9-27-18/h4,7-8,12-13,15,18,27,30H,5-6,9-11,14H2,1-3H3,(H,28,29,31). The Bertz CT molecular complexity index is 1300. The molecular weight excluding hydrogens is 430 g/mol. The Kier molecular flexibility index (Phi) is 6.51. The average Bonchev–Trinajstić information content (AvgIpc) is 3.16. The summed E-state index contributed by atoms with van der Waals surface area (Å²) in [6, 6.07) is 10.5. The Hall–Kier alpha value is -3.36. The summed E-state index contributed by atoms with van der Waals surface area (Å²) in [6.45, 7) is 7.29. The molecule has 1 unspecified atom stereocenters. The maximum absolute atomic E-state index is 6.08. The highest BCUT2D eigenvalue weighted by Gasteiger charge is 2.15. The van der Waals surface area contributed by atoms with Crippen LogP contribution >= 0.6 is 0 Å². The van der Waals surface area contributed by atoms with Gasteiger partial charge in [-0.25, -0.2) is 9.97 Å². The molecule has 1 aliphatic heterocycles. The van der Waals surface area contributed by atoms with E-state index >= 15 is 0 Å². The van der Waals surface area contributed by atoms with Gasteiger partial charge in [0.25, 0.3) is 0 Å². The number of anilines is 2. The summed E-state index contributed by atoms with van der Waals surface area (Å²) in [4.78, 5) is 12.5. The second kappa shape index (κ2) is 9.87. The SMILES string of the molecule is COc1cc2c(Nc3cccc4c(C)c(C)[nH]c34)ncnc2cc1OCCCC1COCCN1. The minimum absolute atomic E-state index is 0.397. The molecule has 5 rings (SSSR count). The second-order valence-corrected chi connectivity index (χ2v) is 8.69. The highest BCUT2D eigenvalue weighted by atomic mass is 16.5. The van der Waals surface area contributed by atoms with Gasteiger partial charge in [-0.15, -0.1) is 0 Å². The van der Waals surface area contributed by atoms with Gasteiger partial charge >= 0.3 is 0 Å². The van der Waals surface area contributed by atoms with Crippen LogP contribution in [0.2, 0.25) is 0 Å². The number of H-pyrrole nitrogens is 1. The number of morpholine rings is 1. The molecule has 0 saturated carbocycles. The van der Waals surface area contributed by atoms with Gasteiger partial charge in [-0.2, -0.15) is 0 Å². The number of ether oxygens (including phenoxy) is 3. The maximum atomic E-state index is 6.08. The van der Waals surface area contributed by atoms with Crippen LogP contribution in [0.5, 0.6) is 11.5 Å². The van der Waals surface area contributed by atoms with E-state index in [2.05, 4.69) is 51.6 Å². The van der Waals surface area contributed by atoms with Gasteiger partial charge in [0.05, 0.1) is 43.7 Å². The van der Waals surface area contributed by atoms with Crippen LogP contribution in [0.15, 0.2) is 36.7 Å². The van der Waals surface area contributed by atoms with Crippen molar-refractivity contribution in [1.29, 1.82) is 0 Å². The van der Waals surface area contributed by atoms with Crippen molar-refractivity contribution in [2.75, 3.05) is 38.8 Å². The van der Waals surface area contributed by atoms with Gasteiger partial charge in [-0.1, -0.05) is 12.1 Å². The number of hydrogen-bond acceptors (Lipinski definition) is 7. The number of nitrogens with zero attached hydrogens (tertiary/aromatic N) is 2. The summed E-state index contributed by atoms with van der Waals surface area (Å²) in [6.07, 6.45) is 3.51. The van der Waals surface area contributed by atoms with Gasteiger partial charge < -0.3 is 29.8 Å². The zero-order valence-corrected chi connectivity index (χ0v) is 19.9. The monoisotopic (exact) mass is 461 g/mol. The van der Waals surface area contributed by atoms with Gasteiger partial charge in [-0.05, 0) is 44.4 Å². The number of nitrogens with one attached hydrogen (secondary N) is 3. The minimum Gasteiger partial charge on any atom is -0.493 e. The molecule has 34 heavy (non-hydrogen) atoms. The van der Waals surface area contributed by atoms with Gasteiger partial charge in [0.2, 0.25) is 0 Å². The molecule has 1 atom stereocenters. The van der Waals surface area contributed by atoms with Crippen molar-refractivity contribution in [3.8, 4) is 11.5 Å². The second-order valence-electron chi connectivity index (χ2n) is 8.69. The largest absolute Gasteiger partial charge is 0.493 e. The normalized spacial score (nSPS) is 16.1. The predicted molar refractivity (Wildman–Crippen MR) is 134 cm³/mol. The Morgan fingerprint density at radius 1 is 1.15 bits per heavy atom. The Morgan fingerprint density at radius 3 is 2.88 bits per heavy atom. The molecule has 2 aromatic heterocycles. The zero-order chi connectivity index (χ0) is 23.5. The van der Waals surface area contributed by atoms with E-state index in [-0.39, 0.29) is 0 Å². The Labute approximate surface area is 199 Å². The molecule has 4 aromatic rings. The van der Waals surface area contributed by atoms with Gasteiger partial charge in [-0.3, -0.25) is 0 Å². The first-order chi connectivity index (χ1) is 16.6. The average molecular weight is 462 g/mol. The number of fused-ring (bicyclic) bond motifs is 2. The van der Waals surface area contributed by atoms with E-state index in [0.29, 0.717) is 24.1 Å². The van der Waals surface area contributed by atoms with Crippen LogP contribution in [0, 0.1) is 13.8 Å². The van der Waals surface area contributed by atoms with Crippen molar-refractivity contribution in [3.05, 3.63) is 47.9 Å². The van der Waals surface area contributed by atoms with Crippen LogP contribution in [-0.4, -0.2) is 54.5 Å². The van der Waals surface area contributed by atoms with E-state index in [1.165, 1.54) is 10.9 Å². The van der Waals surface area contributed by atoms with Gasteiger partial charge in [0.15, 0.2) is 11.5 Å². The van der Waals surface area contributed by atoms with E-state index < -0.39 is 0 Å². The van der Waals surface area contributed by atoms with Gasteiger partial charge in [0, 0.05) is 35.1 Å². The van der Waals surface area contributed by atoms with Crippen LogP contribution in [0.4, 0.5) is 11.5 Å². The van der Waals surface area contributed by atoms with E-state index in [1.807, 2.05) is 18.2 Å². The fourth-order valence-corrected chi connectivity index (χ4v) is 4.47. The van der Waals surface area contributed by atoms with E-state index in [4.69, 9.17) is 14.2 Å². The van der Waals surface area contributed by atoms with Crippen molar-refractivity contribution < 1.29 is 14.2 Å². The van der Waals surface area contributed by atoms with Crippen molar-refractivity contribution in [1.82, 2.24) is 20.3 Å². The van der Waals surface area contributed by atoms with Gasteiger partial charge in [0.1, 0.15) is 12.1 Å². The smallest absolute Gasteiger partial charge is 0.163 e. The molecule has 8 heteroatoms. The molecular formula is C26H31N5O3. The van der Waals surface area contributed by atoms with Crippen LogP contribution in [0.25, 0.3) is 21.8 Å². The zero-order valence-electron chi connectivity index (χ0n) is 19.9. The third-order valence-electron chi connectivity index (χ3n) is 6.47. The summed E-state index contributed by atoms with van der Waals surface area (Å²) < 4.78 is 17.2. The first-order valence-electron chi connectivity index (χ1n) is 11.8. The lowest BCUT2D eigenvalue weighted by Gasteiger charge is -2.23. The van der Waals surface area contributed by atoms with Crippen LogP contribution < -0.4 is 20.1 Å². The van der Waals surface area contributed by atoms with Crippen LogP contribution in [0.1, 0.15) is 24.1 Å². The number of methoxy groups -OCH3 is 1. The molecule has 1 saturated heterocycles. The number of rotatable bonds is 8. The van der Waals surface area contributed by atoms with E-state index in [0.717, 1.165) is 66.2 Å². The number of aromatic nitrogens is 3. The molecule has 0 aliphatic carbocycles. The molecule has 0 bridgehead atoms. The highest BCUT2D eigenvalue weighted by molar-refractivity contribution is 5.99. The first-order valence-corrected chi connectivity index (χ1v) is 11.8. The lowest BCUT2D eigenvalue weighted by atomic mass is 10.1. The first kappa shape index (κ1) is 22.4. The number of aryl methyl sites for hydroxylation is 2. The topological polar surface area (TPSA) is 93.3 Å². The lowest BCUT2D eigenvalue weighted by molar-refractivity contribution is 0.0721. The lowest BCUT2D eigenvalue weighted by Crippen LogP contribution is -2.41. The minimum atomic E-state index is 0.397. The molecule has 2 aromatic carbocycles. The molecule has 0 amide bonds. The highest BCUT2D eigenvalue weighted by Crippen LogP contribution is 2.36. The molecule has 178 valence electrons. The summed E-state index contributed by atoms with van der Waals surface area (Å²) >= 11 is 0. The summed E-state index contributed by atoms with van der Waals surface area (Å²) in [5.74, 6) is 2.06.